The SMILES string of the molecule is COC(=O)c1sccc1NNC(=O)CCl. The number of methoxy groups -OCH3 is 1. The number of hydrogen-bond donors (Lipinski definition) is 2. The van der Waals surface area contributed by atoms with E-state index in [0.717, 1.165) is 0 Å². The summed E-state index contributed by atoms with van der Waals surface area (Å²) in [6.07, 6.45) is 0. The topological polar surface area (TPSA) is 67.4 Å². The minimum absolute atomic E-state index is 0.148. The highest BCUT2D eigenvalue weighted by molar-refractivity contribution is 7.12. The largest absolute Gasteiger partial charge is 0.465 e. The Kier molecular flexibility index (Phi) is 4.38. The molecule has 1 rings (SSSR count). The third kappa shape index (κ3) is 3.10. The Morgan fingerprint density at radius 2 is 2.33 bits per heavy atom. The summed E-state index contributed by atoms with van der Waals surface area (Å²) in [6.45, 7) is 0. The van der Waals surface area contributed by atoms with E-state index in [9.17, 15) is 9.59 Å². The first-order valence-electron chi connectivity index (χ1n) is 3.95. The fourth-order valence-corrected chi connectivity index (χ4v) is 1.66. The van der Waals surface area contributed by atoms with Crippen molar-refractivity contribution in [1.82, 2.24) is 5.43 Å². The number of thiophene rings is 1. The van der Waals surface area contributed by atoms with Crippen molar-refractivity contribution in [3.63, 3.8) is 0 Å². The van der Waals surface area contributed by atoms with Crippen LogP contribution >= 0.6 is 22.9 Å². The highest BCUT2D eigenvalue weighted by atomic mass is 35.5. The average Bonchev–Trinajstić information content (AvgIpc) is 2.72. The molecule has 82 valence electrons. The van der Waals surface area contributed by atoms with Crippen LogP contribution in [-0.2, 0) is 9.53 Å². The number of esters is 1. The van der Waals surface area contributed by atoms with Gasteiger partial charge in [0.05, 0.1) is 12.8 Å². The molecule has 2 N–H and O–H groups in total. The Morgan fingerprint density at radius 1 is 1.60 bits per heavy atom. The lowest BCUT2D eigenvalue weighted by molar-refractivity contribution is -0.118. The highest BCUT2D eigenvalue weighted by Gasteiger charge is 2.13. The van der Waals surface area contributed by atoms with Gasteiger partial charge in [0.25, 0.3) is 5.91 Å². The van der Waals surface area contributed by atoms with Gasteiger partial charge < -0.3 is 4.74 Å². The standard InChI is InChI=1S/C8H9ClN2O3S/c1-14-8(13)7-5(2-3-15-7)10-11-6(12)4-9/h2-3,10H,4H2,1H3,(H,11,12). The molecule has 7 heteroatoms. The van der Waals surface area contributed by atoms with Crippen LogP contribution in [0.4, 0.5) is 5.69 Å². The van der Waals surface area contributed by atoms with E-state index in [-0.39, 0.29) is 11.8 Å². The van der Waals surface area contributed by atoms with E-state index in [1.807, 2.05) is 0 Å². The molecule has 0 bridgehead atoms. The fourth-order valence-electron chi connectivity index (χ4n) is 0.829. The maximum absolute atomic E-state index is 11.2. The quantitative estimate of drug-likeness (QED) is 0.478. The number of hydrazine groups is 1. The van der Waals surface area contributed by atoms with Gasteiger partial charge in [-0.2, -0.15) is 0 Å². The number of anilines is 1. The smallest absolute Gasteiger partial charge is 0.350 e. The van der Waals surface area contributed by atoms with Crippen molar-refractivity contribution in [2.24, 2.45) is 0 Å². The van der Waals surface area contributed by atoms with Crippen molar-refractivity contribution in [3.8, 4) is 0 Å². The van der Waals surface area contributed by atoms with Gasteiger partial charge in [-0.1, -0.05) is 0 Å². The number of carbonyl (C=O) groups is 2. The molecular weight excluding hydrogens is 240 g/mol. The Labute approximate surface area is 95.3 Å². The predicted molar refractivity (Wildman–Crippen MR) is 58.1 cm³/mol. The van der Waals surface area contributed by atoms with E-state index < -0.39 is 5.97 Å². The van der Waals surface area contributed by atoms with Crippen molar-refractivity contribution in [2.45, 2.75) is 0 Å². The number of nitrogens with one attached hydrogen (secondary N) is 2. The van der Waals surface area contributed by atoms with Gasteiger partial charge >= 0.3 is 5.97 Å². The van der Waals surface area contributed by atoms with Crippen LogP contribution in [0.2, 0.25) is 0 Å². The van der Waals surface area contributed by atoms with Crippen LogP contribution in [0, 0.1) is 0 Å². The summed E-state index contributed by atoms with van der Waals surface area (Å²) in [6, 6.07) is 1.66. The van der Waals surface area contributed by atoms with Crippen molar-refractivity contribution < 1.29 is 14.3 Å². The molecule has 0 saturated carbocycles. The summed E-state index contributed by atoms with van der Waals surface area (Å²) < 4.78 is 4.56. The molecule has 0 unspecified atom stereocenters. The number of halogens is 1. The van der Waals surface area contributed by atoms with Crippen molar-refractivity contribution in [2.75, 3.05) is 18.4 Å². The third-order valence-electron chi connectivity index (χ3n) is 1.49. The summed E-state index contributed by atoms with van der Waals surface area (Å²) in [4.78, 5) is 22.5. The molecule has 15 heavy (non-hydrogen) atoms. The molecule has 0 aliphatic carbocycles. The number of amides is 1. The van der Waals surface area contributed by atoms with Gasteiger partial charge in [-0.15, -0.1) is 22.9 Å². The number of rotatable bonds is 4. The van der Waals surface area contributed by atoms with Gasteiger partial charge in [0, 0.05) is 0 Å². The Hall–Kier alpha value is -1.27. The average molecular weight is 249 g/mol. The minimum atomic E-state index is -0.451. The van der Waals surface area contributed by atoms with E-state index in [2.05, 4.69) is 15.6 Å². The lowest BCUT2D eigenvalue weighted by Crippen LogP contribution is -2.30. The number of hydrogen-bond acceptors (Lipinski definition) is 5. The minimum Gasteiger partial charge on any atom is -0.465 e. The molecule has 0 saturated heterocycles. The maximum atomic E-state index is 11.2. The lowest BCUT2D eigenvalue weighted by Gasteiger charge is -2.06. The first-order chi connectivity index (χ1) is 7.19. The van der Waals surface area contributed by atoms with Crippen LogP contribution in [0.3, 0.4) is 0 Å². The van der Waals surface area contributed by atoms with E-state index in [1.165, 1.54) is 18.4 Å². The molecular formula is C8H9ClN2O3S. The highest BCUT2D eigenvalue weighted by Crippen LogP contribution is 2.22. The fraction of sp³-hybridized carbons (Fsp3) is 0.250. The first-order valence-corrected chi connectivity index (χ1v) is 5.37. The molecule has 0 atom stereocenters. The third-order valence-corrected chi connectivity index (χ3v) is 2.63. The summed E-state index contributed by atoms with van der Waals surface area (Å²) in [5.41, 5.74) is 5.41. The summed E-state index contributed by atoms with van der Waals surface area (Å²) in [5, 5.41) is 1.71. The summed E-state index contributed by atoms with van der Waals surface area (Å²) >= 11 is 6.50. The van der Waals surface area contributed by atoms with Gasteiger partial charge in [-0.25, -0.2) is 4.79 Å². The van der Waals surface area contributed by atoms with Gasteiger partial charge in [-0.3, -0.25) is 15.6 Å². The Morgan fingerprint density at radius 3 is 2.93 bits per heavy atom. The molecule has 5 nitrogen and oxygen atoms in total. The lowest BCUT2D eigenvalue weighted by atomic mass is 10.4. The van der Waals surface area contributed by atoms with Crippen molar-refractivity contribution >= 4 is 40.5 Å². The zero-order chi connectivity index (χ0) is 11.3. The monoisotopic (exact) mass is 248 g/mol. The molecule has 0 aromatic carbocycles. The normalized spacial score (nSPS) is 9.47. The van der Waals surface area contributed by atoms with Crippen LogP contribution in [-0.4, -0.2) is 24.9 Å². The number of carbonyl (C=O) groups excluding carboxylic acids is 2. The van der Waals surface area contributed by atoms with Gasteiger partial charge in [0.15, 0.2) is 0 Å². The van der Waals surface area contributed by atoms with Crippen LogP contribution in [0.15, 0.2) is 11.4 Å². The maximum Gasteiger partial charge on any atom is 0.350 e. The van der Waals surface area contributed by atoms with E-state index in [4.69, 9.17) is 11.6 Å². The van der Waals surface area contributed by atoms with Crippen molar-refractivity contribution in [1.29, 1.82) is 0 Å². The van der Waals surface area contributed by atoms with Crippen LogP contribution < -0.4 is 10.9 Å². The zero-order valence-corrected chi connectivity index (χ0v) is 9.45. The van der Waals surface area contributed by atoms with Gasteiger partial charge in [0.2, 0.25) is 0 Å². The van der Waals surface area contributed by atoms with E-state index >= 15 is 0 Å². The molecule has 1 aromatic rings. The second kappa shape index (κ2) is 5.57. The van der Waals surface area contributed by atoms with Gasteiger partial charge in [-0.05, 0) is 11.4 Å². The second-order valence-electron chi connectivity index (χ2n) is 2.46. The molecule has 0 radical (unpaired) electrons. The van der Waals surface area contributed by atoms with Gasteiger partial charge in [0.1, 0.15) is 10.8 Å². The molecule has 1 heterocycles. The van der Waals surface area contributed by atoms with E-state index in [0.29, 0.717) is 10.6 Å². The zero-order valence-electron chi connectivity index (χ0n) is 7.87. The molecule has 0 fully saturated rings. The second-order valence-corrected chi connectivity index (χ2v) is 3.65. The number of alkyl halides is 1. The summed E-state index contributed by atoms with van der Waals surface area (Å²) in [5.74, 6) is -0.976. The molecule has 1 amide bonds. The molecule has 0 aliphatic heterocycles. The molecule has 0 aliphatic rings. The Bertz CT molecular complexity index is 367. The predicted octanol–water partition coefficient (Wildman–Crippen LogP) is 1.22. The first kappa shape index (κ1) is 11.8. The van der Waals surface area contributed by atoms with Crippen LogP contribution in [0.1, 0.15) is 9.67 Å². The summed E-state index contributed by atoms with van der Waals surface area (Å²) in [7, 11) is 1.29. The Balaban J connectivity index is 2.65. The molecule has 1 aromatic heterocycles. The van der Waals surface area contributed by atoms with Crippen LogP contribution in [0.5, 0.6) is 0 Å². The molecule has 0 spiro atoms. The van der Waals surface area contributed by atoms with Crippen molar-refractivity contribution in [3.05, 3.63) is 16.3 Å². The number of ether oxygens (including phenoxy) is 1. The van der Waals surface area contributed by atoms with E-state index in [1.54, 1.807) is 11.4 Å². The van der Waals surface area contributed by atoms with Crippen LogP contribution in [0.25, 0.3) is 0 Å².